The Hall–Kier alpha value is -3.03. The fourth-order valence-electron chi connectivity index (χ4n) is 4.89. The number of hydrogen-bond donors (Lipinski definition) is 2. The number of imidazole rings is 1. The number of alkyl halides is 3. The standard InChI is InChI=1S/C25H30F3N3O2/c1-6-18(25(26,27)28)9-7-16(3)29-23-30-20-12-17(22(32)33)8-10-21(20)31(23)19-11-15(2)13-24(4,5)14-19/h6-10,12,15,19H,1,11,13-14H2,2-5H3,(H,29,30)(H,32,33)/b16-7+,18-9+/t15-,19+/m0/s1. The summed E-state index contributed by atoms with van der Waals surface area (Å²) in [5, 5.41) is 12.5. The predicted molar refractivity (Wildman–Crippen MR) is 124 cm³/mol. The first kappa shape index (κ1) is 24.6. The average molecular weight is 462 g/mol. The van der Waals surface area contributed by atoms with E-state index in [0.29, 0.717) is 23.1 Å². The van der Waals surface area contributed by atoms with Crippen LogP contribution < -0.4 is 5.32 Å². The largest absolute Gasteiger partial charge is 0.478 e. The van der Waals surface area contributed by atoms with E-state index < -0.39 is 17.7 Å². The lowest BCUT2D eigenvalue weighted by Crippen LogP contribution is -2.30. The highest BCUT2D eigenvalue weighted by Gasteiger charge is 2.35. The third-order valence-corrected chi connectivity index (χ3v) is 6.03. The van der Waals surface area contributed by atoms with Gasteiger partial charge in [0, 0.05) is 11.7 Å². The third-order valence-electron chi connectivity index (χ3n) is 6.03. The molecule has 0 unspecified atom stereocenters. The molecule has 1 aromatic carbocycles. The molecule has 0 amide bonds. The number of benzene rings is 1. The number of carboxylic acid groups (broad SMARTS) is 1. The van der Waals surface area contributed by atoms with Crippen LogP contribution >= 0.6 is 0 Å². The predicted octanol–water partition coefficient (Wildman–Crippen LogP) is 7.11. The van der Waals surface area contributed by atoms with E-state index in [-0.39, 0.29) is 17.0 Å². The van der Waals surface area contributed by atoms with Gasteiger partial charge in [0.1, 0.15) is 0 Å². The van der Waals surface area contributed by atoms with Gasteiger partial charge in [0.05, 0.1) is 22.2 Å². The molecule has 1 aliphatic carbocycles. The number of aromatic carboxylic acids is 1. The Kier molecular flexibility index (Phi) is 6.77. The molecule has 1 aromatic heterocycles. The summed E-state index contributed by atoms with van der Waals surface area (Å²) < 4.78 is 41.1. The summed E-state index contributed by atoms with van der Waals surface area (Å²) in [6.07, 6.45) is 1.55. The molecule has 0 spiro atoms. The highest BCUT2D eigenvalue weighted by atomic mass is 19.4. The van der Waals surface area contributed by atoms with E-state index in [1.165, 1.54) is 12.1 Å². The second kappa shape index (κ2) is 9.08. The fraction of sp³-hybridized carbons (Fsp3) is 0.440. The number of halogens is 3. The number of anilines is 1. The minimum Gasteiger partial charge on any atom is -0.478 e. The number of nitrogens with zero attached hydrogens (tertiary/aromatic N) is 2. The highest BCUT2D eigenvalue weighted by molar-refractivity contribution is 5.93. The number of nitrogens with one attached hydrogen (secondary N) is 1. The molecule has 3 rings (SSSR count). The van der Waals surface area contributed by atoms with Gasteiger partial charge in [0.25, 0.3) is 0 Å². The highest BCUT2D eigenvalue weighted by Crippen LogP contribution is 2.46. The van der Waals surface area contributed by atoms with Gasteiger partial charge >= 0.3 is 12.1 Å². The number of hydrogen-bond acceptors (Lipinski definition) is 3. The summed E-state index contributed by atoms with van der Waals surface area (Å²) in [5.41, 5.74) is 1.20. The molecule has 1 saturated carbocycles. The van der Waals surface area contributed by atoms with Crippen molar-refractivity contribution < 1.29 is 23.1 Å². The number of carboxylic acids is 1. The van der Waals surface area contributed by atoms with Crippen LogP contribution in [0.15, 0.2) is 54.3 Å². The molecule has 5 nitrogen and oxygen atoms in total. The molecule has 0 saturated heterocycles. The average Bonchev–Trinajstić information content (AvgIpc) is 3.02. The minimum absolute atomic E-state index is 0.120. The van der Waals surface area contributed by atoms with Crippen molar-refractivity contribution in [1.82, 2.24) is 9.55 Å². The zero-order valence-electron chi connectivity index (χ0n) is 19.3. The van der Waals surface area contributed by atoms with Gasteiger partial charge in [0.15, 0.2) is 0 Å². The number of allylic oxidation sites excluding steroid dienone is 5. The maximum atomic E-state index is 13.0. The van der Waals surface area contributed by atoms with Crippen LogP contribution in [-0.4, -0.2) is 26.8 Å². The van der Waals surface area contributed by atoms with Gasteiger partial charge in [-0.05, 0) is 67.9 Å². The molecule has 2 N–H and O–H groups in total. The summed E-state index contributed by atoms with van der Waals surface area (Å²) in [6.45, 7) is 11.6. The lowest BCUT2D eigenvalue weighted by atomic mass is 9.70. The summed E-state index contributed by atoms with van der Waals surface area (Å²) in [4.78, 5) is 16.1. The summed E-state index contributed by atoms with van der Waals surface area (Å²) in [5.74, 6) is -0.0701. The fourth-order valence-corrected chi connectivity index (χ4v) is 4.89. The summed E-state index contributed by atoms with van der Waals surface area (Å²) in [7, 11) is 0. The van der Waals surface area contributed by atoms with Crippen LogP contribution in [0.3, 0.4) is 0 Å². The molecule has 0 radical (unpaired) electrons. The van der Waals surface area contributed by atoms with Crippen molar-refractivity contribution >= 4 is 23.0 Å². The molecule has 33 heavy (non-hydrogen) atoms. The zero-order valence-corrected chi connectivity index (χ0v) is 19.3. The van der Waals surface area contributed by atoms with E-state index in [2.05, 4.69) is 42.2 Å². The maximum absolute atomic E-state index is 13.0. The van der Waals surface area contributed by atoms with Gasteiger partial charge in [-0.1, -0.05) is 33.4 Å². The van der Waals surface area contributed by atoms with Gasteiger partial charge in [-0.15, -0.1) is 0 Å². The van der Waals surface area contributed by atoms with Crippen molar-refractivity contribution in [2.24, 2.45) is 11.3 Å². The van der Waals surface area contributed by atoms with Gasteiger partial charge in [-0.25, -0.2) is 9.78 Å². The van der Waals surface area contributed by atoms with Crippen molar-refractivity contribution in [3.8, 4) is 0 Å². The Morgan fingerprint density at radius 2 is 2.00 bits per heavy atom. The van der Waals surface area contributed by atoms with Gasteiger partial charge in [-0.2, -0.15) is 13.2 Å². The molecule has 8 heteroatoms. The molecule has 0 bridgehead atoms. The van der Waals surface area contributed by atoms with Crippen molar-refractivity contribution in [3.63, 3.8) is 0 Å². The Balaban J connectivity index is 2.07. The van der Waals surface area contributed by atoms with Gasteiger partial charge in [0.2, 0.25) is 5.95 Å². The second-order valence-electron chi connectivity index (χ2n) is 9.68. The normalized spacial score (nSPS) is 21.8. The quantitative estimate of drug-likeness (QED) is 0.450. The molecular weight excluding hydrogens is 431 g/mol. The molecular formula is C25H30F3N3O2. The number of aromatic nitrogens is 2. The first-order valence-corrected chi connectivity index (χ1v) is 10.9. The number of fused-ring (bicyclic) bond motifs is 1. The van der Waals surface area contributed by atoms with Crippen LogP contribution in [0, 0.1) is 11.3 Å². The van der Waals surface area contributed by atoms with Crippen molar-refractivity contribution in [2.45, 2.75) is 59.2 Å². The Labute approximate surface area is 191 Å². The molecule has 1 heterocycles. The molecule has 1 aliphatic rings. The van der Waals surface area contributed by atoms with E-state index in [0.717, 1.165) is 36.9 Å². The SMILES string of the molecule is C=C/C(=C\C=C(/C)Nc1nc2cc(C(=O)O)ccc2n1[C@@H]1C[C@H](C)CC(C)(C)C1)C(F)(F)F. The van der Waals surface area contributed by atoms with Crippen molar-refractivity contribution in [3.05, 3.63) is 59.8 Å². The van der Waals surface area contributed by atoms with E-state index >= 15 is 0 Å². The van der Waals surface area contributed by atoms with Crippen molar-refractivity contribution in [1.29, 1.82) is 0 Å². The molecule has 178 valence electrons. The zero-order chi connectivity index (χ0) is 24.6. The van der Waals surface area contributed by atoms with Crippen LogP contribution in [0.2, 0.25) is 0 Å². The summed E-state index contributed by atoms with van der Waals surface area (Å²) >= 11 is 0. The third kappa shape index (κ3) is 5.67. The van der Waals surface area contributed by atoms with Crippen LogP contribution in [0.1, 0.15) is 63.4 Å². The van der Waals surface area contributed by atoms with E-state index in [1.54, 1.807) is 19.1 Å². The van der Waals surface area contributed by atoms with Gasteiger partial charge in [-0.3, -0.25) is 0 Å². The molecule has 0 aliphatic heterocycles. The van der Waals surface area contributed by atoms with Crippen molar-refractivity contribution in [2.75, 3.05) is 5.32 Å². The first-order valence-electron chi connectivity index (χ1n) is 10.9. The Bertz CT molecular complexity index is 1130. The number of carbonyl (C=O) groups is 1. The smallest absolute Gasteiger partial charge is 0.416 e. The summed E-state index contributed by atoms with van der Waals surface area (Å²) in [6, 6.07) is 4.94. The van der Waals surface area contributed by atoms with E-state index in [1.807, 2.05) is 0 Å². The van der Waals surface area contributed by atoms with Crippen LogP contribution in [0.4, 0.5) is 19.1 Å². The molecule has 1 fully saturated rings. The number of rotatable bonds is 6. The Morgan fingerprint density at radius 3 is 2.58 bits per heavy atom. The van der Waals surface area contributed by atoms with Crippen LogP contribution in [0.25, 0.3) is 11.0 Å². The second-order valence-corrected chi connectivity index (χ2v) is 9.68. The molecule has 2 atom stereocenters. The van der Waals surface area contributed by atoms with E-state index in [9.17, 15) is 23.1 Å². The topological polar surface area (TPSA) is 67.2 Å². The lowest BCUT2D eigenvalue weighted by Gasteiger charge is -2.40. The van der Waals surface area contributed by atoms with Crippen LogP contribution in [0.5, 0.6) is 0 Å². The monoisotopic (exact) mass is 461 g/mol. The maximum Gasteiger partial charge on any atom is 0.416 e. The van der Waals surface area contributed by atoms with Crippen LogP contribution in [-0.2, 0) is 0 Å². The van der Waals surface area contributed by atoms with Gasteiger partial charge < -0.3 is 15.0 Å². The lowest BCUT2D eigenvalue weighted by molar-refractivity contribution is -0.0881. The molecule has 2 aromatic rings. The van der Waals surface area contributed by atoms with E-state index in [4.69, 9.17) is 0 Å². The Morgan fingerprint density at radius 1 is 1.30 bits per heavy atom. The minimum atomic E-state index is -4.48. The first-order chi connectivity index (χ1) is 15.3.